The van der Waals surface area contributed by atoms with Crippen molar-refractivity contribution in [2.24, 2.45) is 0 Å². The first-order valence-corrected chi connectivity index (χ1v) is 9.02. The molecule has 0 bridgehead atoms. The molecule has 1 aromatic rings. The standard InChI is InChI=1S/C15H20N2O4S/c1-3-17(13-9-10-22(20,21)11-13)15(19)14(18)16(2)12-7-5-4-6-8-12/h4-8,13H,3,9-11H2,1-2H3. The molecule has 1 atom stereocenters. The summed E-state index contributed by atoms with van der Waals surface area (Å²) >= 11 is 0. The molecule has 7 heteroatoms. The molecule has 0 aromatic heterocycles. The fourth-order valence-electron chi connectivity index (χ4n) is 2.62. The monoisotopic (exact) mass is 324 g/mol. The van der Waals surface area contributed by atoms with Gasteiger partial charge in [0.1, 0.15) is 0 Å². The molecule has 120 valence electrons. The molecule has 1 aliphatic heterocycles. The highest BCUT2D eigenvalue weighted by molar-refractivity contribution is 7.91. The Morgan fingerprint density at radius 3 is 2.32 bits per heavy atom. The van der Waals surface area contributed by atoms with Crippen molar-refractivity contribution in [2.75, 3.05) is 30.0 Å². The van der Waals surface area contributed by atoms with Crippen LogP contribution < -0.4 is 4.90 Å². The molecule has 0 radical (unpaired) electrons. The molecule has 1 aromatic carbocycles. The van der Waals surface area contributed by atoms with Gasteiger partial charge >= 0.3 is 11.8 Å². The number of para-hydroxylation sites is 1. The molecule has 0 saturated carbocycles. The molecule has 2 rings (SSSR count). The smallest absolute Gasteiger partial charge is 0.316 e. The predicted molar refractivity (Wildman–Crippen MR) is 84.3 cm³/mol. The first-order valence-electron chi connectivity index (χ1n) is 7.20. The Morgan fingerprint density at radius 2 is 1.82 bits per heavy atom. The average molecular weight is 324 g/mol. The van der Waals surface area contributed by atoms with Gasteiger partial charge in [-0.3, -0.25) is 9.59 Å². The van der Waals surface area contributed by atoms with Gasteiger partial charge in [-0.05, 0) is 25.5 Å². The van der Waals surface area contributed by atoms with Gasteiger partial charge in [0.05, 0.1) is 11.5 Å². The minimum absolute atomic E-state index is 0.0606. The highest BCUT2D eigenvalue weighted by Crippen LogP contribution is 2.19. The number of hydrogen-bond donors (Lipinski definition) is 0. The van der Waals surface area contributed by atoms with Gasteiger partial charge in [-0.15, -0.1) is 0 Å². The molecule has 2 amide bonds. The molecule has 1 heterocycles. The first-order chi connectivity index (χ1) is 10.4. The number of rotatable bonds is 3. The lowest BCUT2D eigenvalue weighted by Crippen LogP contribution is -2.48. The van der Waals surface area contributed by atoms with Gasteiger partial charge in [0.25, 0.3) is 0 Å². The van der Waals surface area contributed by atoms with Crippen LogP contribution >= 0.6 is 0 Å². The van der Waals surface area contributed by atoms with Crippen molar-refractivity contribution in [3.8, 4) is 0 Å². The topological polar surface area (TPSA) is 74.8 Å². The van der Waals surface area contributed by atoms with Crippen molar-refractivity contribution >= 4 is 27.3 Å². The van der Waals surface area contributed by atoms with E-state index in [0.29, 0.717) is 18.7 Å². The zero-order valence-corrected chi connectivity index (χ0v) is 13.5. The number of carbonyl (C=O) groups excluding carboxylic acids is 2. The summed E-state index contributed by atoms with van der Waals surface area (Å²) in [6.45, 7) is 2.06. The Balaban J connectivity index is 2.13. The van der Waals surface area contributed by atoms with Gasteiger partial charge in [-0.1, -0.05) is 18.2 Å². The van der Waals surface area contributed by atoms with Crippen LogP contribution in [0.5, 0.6) is 0 Å². The summed E-state index contributed by atoms with van der Waals surface area (Å²) in [5.41, 5.74) is 0.621. The van der Waals surface area contributed by atoms with E-state index in [4.69, 9.17) is 0 Å². The highest BCUT2D eigenvalue weighted by atomic mass is 32.2. The van der Waals surface area contributed by atoms with Crippen molar-refractivity contribution in [1.82, 2.24) is 4.90 Å². The lowest BCUT2D eigenvalue weighted by atomic mass is 10.2. The highest BCUT2D eigenvalue weighted by Gasteiger charge is 2.36. The fourth-order valence-corrected chi connectivity index (χ4v) is 4.35. The Hall–Kier alpha value is -1.89. The van der Waals surface area contributed by atoms with Gasteiger partial charge in [0.2, 0.25) is 0 Å². The molecular formula is C15H20N2O4S. The molecular weight excluding hydrogens is 304 g/mol. The van der Waals surface area contributed by atoms with E-state index in [9.17, 15) is 18.0 Å². The van der Waals surface area contributed by atoms with E-state index < -0.39 is 27.7 Å². The Labute approximate surface area is 130 Å². The van der Waals surface area contributed by atoms with Crippen LogP contribution in [0.3, 0.4) is 0 Å². The van der Waals surface area contributed by atoms with Crippen LogP contribution in [0.1, 0.15) is 13.3 Å². The number of carbonyl (C=O) groups is 2. The maximum absolute atomic E-state index is 12.4. The van der Waals surface area contributed by atoms with Crippen molar-refractivity contribution < 1.29 is 18.0 Å². The van der Waals surface area contributed by atoms with E-state index >= 15 is 0 Å². The van der Waals surface area contributed by atoms with Crippen LogP contribution in [-0.4, -0.2) is 56.3 Å². The molecule has 1 fully saturated rings. The van der Waals surface area contributed by atoms with Crippen molar-refractivity contribution in [3.05, 3.63) is 30.3 Å². The SMILES string of the molecule is CCN(C(=O)C(=O)N(C)c1ccccc1)C1CCS(=O)(=O)C1. The summed E-state index contributed by atoms with van der Waals surface area (Å²) < 4.78 is 23.2. The van der Waals surface area contributed by atoms with E-state index in [1.165, 1.54) is 16.8 Å². The number of anilines is 1. The maximum atomic E-state index is 12.4. The molecule has 1 unspecified atom stereocenters. The summed E-state index contributed by atoms with van der Waals surface area (Å²) in [6, 6.07) is 8.46. The van der Waals surface area contributed by atoms with Crippen LogP contribution in [0.15, 0.2) is 30.3 Å². The summed E-state index contributed by atoms with van der Waals surface area (Å²) in [5.74, 6) is -1.30. The molecule has 0 aliphatic carbocycles. The number of sulfone groups is 1. The Kier molecular flexibility index (Phi) is 4.85. The quantitative estimate of drug-likeness (QED) is 0.767. The second-order valence-corrected chi connectivity index (χ2v) is 7.58. The van der Waals surface area contributed by atoms with Crippen LogP contribution in [0.2, 0.25) is 0 Å². The summed E-state index contributed by atoms with van der Waals surface area (Å²) in [4.78, 5) is 27.4. The normalized spacial score (nSPS) is 19.6. The second-order valence-electron chi connectivity index (χ2n) is 5.35. The third-order valence-corrected chi connectivity index (χ3v) is 5.63. The van der Waals surface area contributed by atoms with Gasteiger partial charge in [-0.2, -0.15) is 0 Å². The number of benzene rings is 1. The van der Waals surface area contributed by atoms with Crippen molar-refractivity contribution in [1.29, 1.82) is 0 Å². The van der Waals surface area contributed by atoms with Crippen LogP contribution in [0.25, 0.3) is 0 Å². The summed E-state index contributed by atoms with van der Waals surface area (Å²) in [6.07, 6.45) is 0.393. The Bertz CT molecular complexity index is 657. The molecule has 0 N–H and O–H groups in total. The third-order valence-electron chi connectivity index (χ3n) is 3.88. The van der Waals surface area contributed by atoms with Gasteiger partial charge < -0.3 is 9.80 Å². The minimum Gasteiger partial charge on any atom is -0.331 e. The number of nitrogens with zero attached hydrogens (tertiary/aromatic N) is 2. The molecule has 22 heavy (non-hydrogen) atoms. The zero-order valence-electron chi connectivity index (χ0n) is 12.7. The molecule has 0 spiro atoms. The van der Waals surface area contributed by atoms with E-state index in [0.717, 1.165) is 0 Å². The van der Waals surface area contributed by atoms with Crippen LogP contribution in [0.4, 0.5) is 5.69 Å². The maximum Gasteiger partial charge on any atom is 0.316 e. The molecule has 1 aliphatic rings. The van der Waals surface area contributed by atoms with Gasteiger partial charge in [-0.25, -0.2) is 8.42 Å². The van der Waals surface area contributed by atoms with Crippen LogP contribution in [0, 0.1) is 0 Å². The van der Waals surface area contributed by atoms with Gasteiger partial charge in [0.15, 0.2) is 9.84 Å². The van der Waals surface area contributed by atoms with E-state index in [-0.39, 0.29) is 11.5 Å². The lowest BCUT2D eigenvalue weighted by Gasteiger charge is -2.28. The second kappa shape index (κ2) is 6.48. The van der Waals surface area contributed by atoms with E-state index in [2.05, 4.69) is 0 Å². The fraction of sp³-hybridized carbons (Fsp3) is 0.467. The molecule has 6 nitrogen and oxygen atoms in total. The summed E-state index contributed by atoms with van der Waals surface area (Å²) in [5, 5.41) is 0. The zero-order chi connectivity index (χ0) is 16.3. The minimum atomic E-state index is -3.10. The van der Waals surface area contributed by atoms with Crippen LogP contribution in [-0.2, 0) is 19.4 Å². The lowest BCUT2D eigenvalue weighted by molar-refractivity contribution is -0.145. The number of amides is 2. The van der Waals surface area contributed by atoms with E-state index in [1.54, 1.807) is 31.2 Å². The van der Waals surface area contributed by atoms with Crippen molar-refractivity contribution in [3.63, 3.8) is 0 Å². The van der Waals surface area contributed by atoms with Crippen molar-refractivity contribution in [2.45, 2.75) is 19.4 Å². The largest absolute Gasteiger partial charge is 0.331 e. The average Bonchev–Trinajstić information content (AvgIpc) is 2.87. The molecule has 1 saturated heterocycles. The van der Waals surface area contributed by atoms with E-state index in [1.807, 2.05) is 6.07 Å². The number of hydrogen-bond acceptors (Lipinski definition) is 4. The Morgan fingerprint density at radius 1 is 1.18 bits per heavy atom. The first kappa shape index (κ1) is 16.5. The number of likely N-dealkylation sites (N-methyl/N-ethyl adjacent to an activating group) is 2. The third kappa shape index (κ3) is 3.47. The van der Waals surface area contributed by atoms with Gasteiger partial charge in [0, 0.05) is 25.3 Å². The summed E-state index contributed by atoms with van der Waals surface area (Å²) in [7, 11) is -1.56. The predicted octanol–water partition coefficient (Wildman–Crippen LogP) is 0.685.